The average Bonchev–Trinajstić information content (AvgIpc) is 3.09. The summed E-state index contributed by atoms with van der Waals surface area (Å²) >= 11 is 0. The molecule has 10 heteroatoms. The smallest absolute Gasteiger partial charge is 0.264 e. The predicted octanol–water partition coefficient (Wildman–Crippen LogP) is 6.56. The minimum absolute atomic E-state index is 0.171. The Morgan fingerprint density at radius 3 is 2.19 bits per heavy atom. The van der Waals surface area contributed by atoms with E-state index in [9.17, 15) is 8.42 Å². The summed E-state index contributed by atoms with van der Waals surface area (Å²) in [6.07, 6.45) is 15.1. The number of fused-ring (bicyclic) bond motifs is 5. The molecule has 4 rings (SSSR count). The molecule has 3 saturated carbocycles. The maximum Gasteiger partial charge on any atom is 0.397 e. The second-order valence-corrected chi connectivity index (χ2v) is 15.1. The molecule has 8 nitrogen and oxygen atoms in total. The second kappa shape index (κ2) is 11.5. The molecule has 0 radical (unpaired) electrons. The van der Waals surface area contributed by atoms with Gasteiger partial charge in [0.2, 0.25) is 0 Å². The number of hydrogen-bond acceptors (Lipinski definition) is 5. The molecule has 0 aromatic heterocycles. The fourth-order valence-electron chi connectivity index (χ4n) is 8.91. The van der Waals surface area contributed by atoms with Gasteiger partial charge in [-0.25, -0.2) is 4.18 Å². The normalized spacial score (nSPS) is 38.5. The highest BCUT2D eigenvalue weighted by molar-refractivity contribution is 7.81. The highest BCUT2D eigenvalue weighted by Crippen LogP contribution is 2.67. The van der Waals surface area contributed by atoms with Gasteiger partial charge in [0.1, 0.15) is 0 Å². The molecule has 37 heavy (non-hydrogen) atoms. The van der Waals surface area contributed by atoms with Crippen LogP contribution in [0.2, 0.25) is 0 Å². The van der Waals surface area contributed by atoms with E-state index in [0.29, 0.717) is 24.2 Å². The van der Waals surface area contributed by atoms with Crippen molar-refractivity contribution in [1.82, 2.24) is 0 Å². The number of allylic oxidation sites excluding steroid dienone is 1. The van der Waals surface area contributed by atoms with Crippen LogP contribution in [0.4, 0.5) is 0 Å². The summed E-state index contributed by atoms with van der Waals surface area (Å²) in [4.78, 5) is 0. The van der Waals surface area contributed by atoms with Crippen molar-refractivity contribution in [1.29, 1.82) is 0 Å². The highest BCUT2D eigenvalue weighted by atomic mass is 32.3. The third kappa shape index (κ3) is 7.57. The van der Waals surface area contributed by atoms with E-state index in [1.165, 1.54) is 50.5 Å². The first kappa shape index (κ1) is 31.0. The van der Waals surface area contributed by atoms with E-state index in [-0.39, 0.29) is 5.41 Å². The van der Waals surface area contributed by atoms with E-state index < -0.39 is 26.9 Å². The molecule has 3 N–H and O–H groups in total. The van der Waals surface area contributed by atoms with E-state index >= 15 is 0 Å². The minimum Gasteiger partial charge on any atom is -0.264 e. The monoisotopic (exact) mass is 564 g/mol. The first-order chi connectivity index (χ1) is 16.9. The van der Waals surface area contributed by atoms with Crippen molar-refractivity contribution >= 4 is 20.8 Å². The molecule has 8 atom stereocenters. The van der Waals surface area contributed by atoms with Crippen LogP contribution >= 0.6 is 0 Å². The van der Waals surface area contributed by atoms with Crippen LogP contribution in [0.1, 0.15) is 105 Å². The van der Waals surface area contributed by atoms with E-state index in [4.69, 9.17) is 26.3 Å². The van der Waals surface area contributed by atoms with Crippen LogP contribution in [0.15, 0.2) is 11.6 Å². The van der Waals surface area contributed by atoms with E-state index in [1.807, 2.05) is 0 Å². The second-order valence-electron chi connectivity index (χ2n) is 13.1. The first-order valence-electron chi connectivity index (χ1n) is 14.0. The van der Waals surface area contributed by atoms with Crippen LogP contribution in [0.5, 0.6) is 0 Å². The van der Waals surface area contributed by atoms with Gasteiger partial charge in [0.15, 0.2) is 0 Å². The van der Waals surface area contributed by atoms with Crippen molar-refractivity contribution in [3.05, 3.63) is 11.6 Å². The van der Waals surface area contributed by atoms with Gasteiger partial charge in [0.05, 0.1) is 6.10 Å². The summed E-state index contributed by atoms with van der Waals surface area (Å²) in [6.45, 7) is 12.3. The van der Waals surface area contributed by atoms with Gasteiger partial charge in [-0.2, -0.15) is 16.8 Å². The van der Waals surface area contributed by atoms with Crippen LogP contribution in [-0.2, 0) is 25.0 Å². The molecule has 4 aliphatic rings. The molecule has 0 spiro atoms. The third-order valence-electron chi connectivity index (χ3n) is 10.5. The van der Waals surface area contributed by atoms with Crippen LogP contribution in [-0.4, -0.2) is 36.6 Å². The molecule has 0 saturated heterocycles. The van der Waals surface area contributed by atoms with Crippen molar-refractivity contribution in [2.24, 2.45) is 46.3 Å². The zero-order valence-corrected chi connectivity index (χ0v) is 24.7. The van der Waals surface area contributed by atoms with Crippen molar-refractivity contribution in [2.75, 3.05) is 0 Å². The van der Waals surface area contributed by atoms with E-state index in [1.54, 1.807) is 0 Å². The molecule has 3 fully saturated rings. The molecule has 0 bridgehead atoms. The Morgan fingerprint density at radius 2 is 1.59 bits per heavy atom. The summed E-state index contributed by atoms with van der Waals surface area (Å²) < 4.78 is 68.1. The lowest BCUT2D eigenvalue weighted by Crippen LogP contribution is -2.51. The van der Waals surface area contributed by atoms with Gasteiger partial charge >= 0.3 is 20.8 Å². The zero-order chi connectivity index (χ0) is 27.8. The van der Waals surface area contributed by atoms with Crippen molar-refractivity contribution in [3.63, 3.8) is 0 Å². The Morgan fingerprint density at radius 1 is 0.946 bits per heavy atom. The minimum atomic E-state index is -4.67. The zero-order valence-electron chi connectivity index (χ0n) is 23.1. The predicted molar refractivity (Wildman–Crippen MR) is 144 cm³/mol. The molecule has 0 aromatic carbocycles. The standard InChI is InChI=1S/C27H46O4S.H2O4S/c1-18(2)7-6-8-19(3)23-11-12-24-22-10-9-20-17-21(31-32(28,29)30)13-15-26(20,4)25(22)14-16-27(23,24)5;1-5(2,3)4/h9,18-19,21-25H,6-8,10-17H2,1-5H3,(H,28,29,30);(H2,1,2,3,4)/t19-,21?,22?,23-,24?,25?,26+,27-;/m1./s1. The molecule has 0 aliphatic heterocycles. The number of hydrogen-bond donors (Lipinski definition) is 3. The molecule has 4 unspecified atom stereocenters. The topological polar surface area (TPSA) is 138 Å². The van der Waals surface area contributed by atoms with Crippen molar-refractivity contribution in [2.45, 2.75) is 111 Å². The first-order valence-corrected chi connectivity index (χ1v) is 16.8. The van der Waals surface area contributed by atoms with Crippen LogP contribution in [0.3, 0.4) is 0 Å². The summed E-state index contributed by atoms with van der Waals surface area (Å²) in [5, 5.41) is 0. The van der Waals surface area contributed by atoms with Gasteiger partial charge in [-0.3, -0.25) is 13.7 Å². The summed E-state index contributed by atoms with van der Waals surface area (Å²) in [7, 11) is -9.04. The summed E-state index contributed by atoms with van der Waals surface area (Å²) in [6, 6.07) is 0. The fourth-order valence-corrected chi connectivity index (χ4v) is 9.41. The summed E-state index contributed by atoms with van der Waals surface area (Å²) in [5.74, 6) is 4.83. The lowest BCUT2D eigenvalue weighted by molar-refractivity contribution is -0.0560. The molecule has 4 aliphatic carbocycles. The van der Waals surface area contributed by atoms with Crippen LogP contribution in [0.25, 0.3) is 0 Å². The Labute approximate surface area is 224 Å². The Hall–Kier alpha value is -0.520. The van der Waals surface area contributed by atoms with Crippen LogP contribution < -0.4 is 0 Å². The molecular weight excluding hydrogens is 516 g/mol. The largest absolute Gasteiger partial charge is 0.397 e. The van der Waals surface area contributed by atoms with Crippen LogP contribution in [0, 0.1) is 46.3 Å². The quantitative estimate of drug-likeness (QED) is 0.233. The number of rotatable bonds is 7. The van der Waals surface area contributed by atoms with E-state index in [0.717, 1.165) is 42.4 Å². The van der Waals surface area contributed by atoms with Crippen molar-refractivity contribution < 1.29 is 34.7 Å². The lowest BCUT2D eigenvalue weighted by atomic mass is 9.47. The lowest BCUT2D eigenvalue weighted by Gasteiger charge is -2.58. The summed E-state index contributed by atoms with van der Waals surface area (Å²) in [5.41, 5.74) is 2.05. The van der Waals surface area contributed by atoms with Gasteiger partial charge in [0.25, 0.3) is 0 Å². The van der Waals surface area contributed by atoms with E-state index in [2.05, 4.69) is 40.7 Å². The van der Waals surface area contributed by atoms with Crippen molar-refractivity contribution in [3.8, 4) is 0 Å². The van der Waals surface area contributed by atoms with Gasteiger partial charge in [-0.1, -0.05) is 65.5 Å². The van der Waals surface area contributed by atoms with Gasteiger partial charge in [-0.15, -0.1) is 0 Å². The molecule has 216 valence electrons. The Bertz CT molecular complexity index is 1030. The maximum atomic E-state index is 11.2. The highest BCUT2D eigenvalue weighted by Gasteiger charge is 2.59. The molecular formula is C27H48O8S2. The maximum absolute atomic E-state index is 11.2. The van der Waals surface area contributed by atoms with Gasteiger partial charge in [-0.05, 0) is 97.7 Å². The Kier molecular flexibility index (Phi) is 9.67. The third-order valence-corrected chi connectivity index (χ3v) is 11.0. The average molecular weight is 565 g/mol. The Balaban J connectivity index is 0.000000695. The van der Waals surface area contributed by atoms with Gasteiger partial charge in [0, 0.05) is 0 Å². The van der Waals surface area contributed by atoms with Gasteiger partial charge < -0.3 is 0 Å². The molecule has 0 amide bonds. The SMILES string of the molecule is CC(C)CCC[C@@H](C)[C@H]1CCC2C3CC=C4CC(OS(=O)(=O)O)CC[C@]4(C)C3CC[C@@]21C.O=S(=O)(O)O. The molecule has 0 heterocycles. The fraction of sp³-hybridized carbons (Fsp3) is 0.926. The molecule has 0 aromatic rings.